The molecule has 2 aliphatic rings. The second kappa shape index (κ2) is 4.99. The van der Waals surface area contributed by atoms with Crippen molar-refractivity contribution in [3.63, 3.8) is 0 Å². The molecule has 1 fully saturated rings. The Hall–Kier alpha value is -0.730. The molecule has 0 heterocycles. The number of aliphatic hydroxyl groups is 1. The summed E-state index contributed by atoms with van der Waals surface area (Å²) in [4.78, 5) is 0. The van der Waals surface area contributed by atoms with E-state index in [1.165, 1.54) is 30.4 Å². The van der Waals surface area contributed by atoms with Crippen molar-refractivity contribution < 1.29 is 9.84 Å². The molecule has 2 nitrogen and oxygen atoms in total. The van der Waals surface area contributed by atoms with Crippen LogP contribution in [0.5, 0.6) is 5.75 Å². The van der Waals surface area contributed by atoms with Crippen LogP contribution in [-0.4, -0.2) is 17.8 Å². The van der Waals surface area contributed by atoms with E-state index in [0.29, 0.717) is 6.42 Å². The number of benzene rings is 1. The molecular weight excluding hydrogens is 260 g/mol. The van der Waals surface area contributed by atoms with Crippen LogP contribution >= 0.6 is 11.6 Å². The molecule has 1 N–H and O–H groups in total. The van der Waals surface area contributed by atoms with Gasteiger partial charge in [0.2, 0.25) is 0 Å². The largest absolute Gasteiger partial charge is 0.495 e. The summed E-state index contributed by atoms with van der Waals surface area (Å²) in [5.74, 6) is 0.780. The van der Waals surface area contributed by atoms with Crippen LogP contribution in [0.4, 0.5) is 0 Å². The SMILES string of the molecule is COc1c(CC2(O)CC2)cc2c(c1Cl)CCCCC2. The van der Waals surface area contributed by atoms with Crippen molar-refractivity contribution in [1.82, 2.24) is 0 Å². The summed E-state index contributed by atoms with van der Waals surface area (Å²) in [6.07, 6.45) is 8.32. The van der Waals surface area contributed by atoms with Gasteiger partial charge in [0.1, 0.15) is 5.75 Å². The van der Waals surface area contributed by atoms with E-state index in [-0.39, 0.29) is 0 Å². The Morgan fingerprint density at radius 1 is 1.26 bits per heavy atom. The molecule has 0 atom stereocenters. The first kappa shape index (κ1) is 13.3. The predicted molar refractivity (Wildman–Crippen MR) is 77.2 cm³/mol. The van der Waals surface area contributed by atoms with Crippen LogP contribution in [-0.2, 0) is 19.3 Å². The quantitative estimate of drug-likeness (QED) is 0.856. The van der Waals surface area contributed by atoms with E-state index in [0.717, 1.165) is 42.0 Å². The first-order valence-electron chi connectivity index (χ1n) is 7.22. The average Bonchev–Trinajstić information content (AvgIpc) is 3.13. The standard InChI is InChI=1S/C16H21ClO2/c1-19-15-12(10-16(18)7-8-16)9-11-5-3-2-4-6-13(11)14(15)17/h9,18H,2-8,10H2,1H3. The van der Waals surface area contributed by atoms with Crippen molar-refractivity contribution in [3.8, 4) is 5.75 Å². The van der Waals surface area contributed by atoms with E-state index < -0.39 is 5.60 Å². The highest BCUT2D eigenvalue weighted by Gasteiger charge is 2.41. The number of hydrogen-bond donors (Lipinski definition) is 1. The van der Waals surface area contributed by atoms with Gasteiger partial charge >= 0.3 is 0 Å². The molecule has 0 amide bonds. The lowest BCUT2D eigenvalue weighted by Crippen LogP contribution is -2.13. The number of halogens is 1. The number of rotatable bonds is 3. The van der Waals surface area contributed by atoms with Crippen molar-refractivity contribution in [3.05, 3.63) is 27.8 Å². The summed E-state index contributed by atoms with van der Waals surface area (Å²) in [6, 6.07) is 2.22. The molecule has 0 unspecified atom stereocenters. The zero-order chi connectivity index (χ0) is 13.5. The molecule has 0 bridgehead atoms. The lowest BCUT2D eigenvalue weighted by atomic mass is 9.95. The van der Waals surface area contributed by atoms with Gasteiger partial charge in [0.25, 0.3) is 0 Å². The van der Waals surface area contributed by atoms with E-state index in [9.17, 15) is 5.11 Å². The van der Waals surface area contributed by atoms with Crippen LogP contribution in [0.1, 0.15) is 48.8 Å². The fourth-order valence-electron chi connectivity index (χ4n) is 3.10. The van der Waals surface area contributed by atoms with E-state index in [2.05, 4.69) is 6.07 Å². The van der Waals surface area contributed by atoms with Gasteiger partial charge in [0.15, 0.2) is 0 Å². The first-order chi connectivity index (χ1) is 9.13. The second-order valence-electron chi connectivity index (χ2n) is 5.98. The molecule has 104 valence electrons. The van der Waals surface area contributed by atoms with Crippen LogP contribution in [0.25, 0.3) is 0 Å². The van der Waals surface area contributed by atoms with E-state index in [1.54, 1.807) is 7.11 Å². The number of hydrogen-bond acceptors (Lipinski definition) is 2. The Labute approximate surface area is 119 Å². The second-order valence-corrected chi connectivity index (χ2v) is 6.36. The van der Waals surface area contributed by atoms with E-state index >= 15 is 0 Å². The van der Waals surface area contributed by atoms with Gasteiger partial charge in [0.05, 0.1) is 17.7 Å². The van der Waals surface area contributed by atoms with Gasteiger partial charge in [-0.05, 0) is 55.2 Å². The van der Waals surface area contributed by atoms with Crippen LogP contribution < -0.4 is 4.74 Å². The van der Waals surface area contributed by atoms with Crippen molar-refractivity contribution in [2.75, 3.05) is 7.11 Å². The summed E-state index contributed by atoms with van der Waals surface area (Å²) >= 11 is 6.55. The van der Waals surface area contributed by atoms with Gasteiger partial charge in [0, 0.05) is 6.42 Å². The highest BCUT2D eigenvalue weighted by molar-refractivity contribution is 6.33. The van der Waals surface area contributed by atoms with Crippen molar-refractivity contribution in [2.24, 2.45) is 0 Å². The molecule has 1 saturated carbocycles. The summed E-state index contributed by atoms with van der Waals surface area (Å²) < 4.78 is 5.51. The molecule has 0 saturated heterocycles. The summed E-state index contributed by atoms with van der Waals surface area (Å²) in [5.41, 5.74) is 3.20. The third kappa shape index (κ3) is 2.61. The zero-order valence-corrected chi connectivity index (χ0v) is 12.2. The minimum Gasteiger partial charge on any atom is -0.495 e. The van der Waals surface area contributed by atoms with Crippen LogP contribution in [0.3, 0.4) is 0 Å². The molecule has 0 aliphatic heterocycles. The topological polar surface area (TPSA) is 29.5 Å². The summed E-state index contributed by atoms with van der Waals surface area (Å²) in [6.45, 7) is 0. The molecule has 1 aromatic rings. The van der Waals surface area contributed by atoms with Gasteiger partial charge in [-0.15, -0.1) is 0 Å². The highest BCUT2D eigenvalue weighted by atomic mass is 35.5. The van der Waals surface area contributed by atoms with Crippen LogP contribution in [0, 0.1) is 0 Å². The fourth-order valence-corrected chi connectivity index (χ4v) is 3.51. The molecular formula is C16H21ClO2. The lowest BCUT2D eigenvalue weighted by molar-refractivity contribution is 0.150. The number of fused-ring (bicyclic) bond motifs is 1. The van der Waals surface area contributed by atoms with Gasteiger partial charge in [-0.25, -0.2) is 0 Å². The van der Waals surface area contributed by atoms with Crippen molar-refractivity contribution >= 4 is 11.6 Å². The molecule has 1 aromatic carbocycles. The molecule has 0 aromatic heterocycles. The first-order valence-corrected chi connectivity index (χ1v) is 7.60. The fraction of sp³-hybridized carbons (Fsp3) is 0.625. The van der Waals surface area contributed by atoms with E-state index in [4.69, 9.17) is 16.3 Å². The monoisotopic (exact) mass is 280 g/mol. The van der Waals surface area contributed by atoms with Gasteiger partial charge in [-0.2, -0.15) is 0 Å². The molecule has 3 rings (SSSR count). The zero-order valence-electron chi connectivity index (χ0n) is 11.5. The number of ether oxygens (including phenoxy) is 1. The maximum Gasteiger partial charge on any atom is 0.141 e. The summed E-state index contributed by atoms with van der Waals surface area (Å²) in [5, 5.41) is 10.9. The van der Waals surface area contributed by atoms with Gasteiger partial charge in [-0.3, -0.25) is 0 Å². The maximum absolute atomic E-state index is 10.2. The molecule has 2 aliphatic carbocycles. The smallest absolute Gasteiger partial charge is 0.141 e. The lowest BCUT2D eigenvalue weighted by Gasteiger charge is -2.18. The van der Waals surface area contributed by atoms with Crippen LogP contribution in [0.2, 0.25) is 5.02 Å². The highest BCUT2D eigenvalue weighted by Crippen LogP contribution is 2.44. The van der Waals surface area contributed by atoms with Gasteiger partial charge in [-0.1, -0.05) is 24.1 Å². The third-order valence-electron chi connectivity index (χ3n) is 4.42. The van der Waals surface area contributed by atoms with E-state index in [1.807, 2.05) is 0 Å². The molecule has 0 spiro atoms. The Morgan fingerprint density at radius 2 is 2.00 bits per heavy atom. The molecule has 3 heteroatoms. The third-order valence-corrected chi connectivity index (χ3v) is 4.82. The normalized spacial score (nSPS) is 20.6. The predicted octanol–water partition coefficient (Wildman–Crippen LogP) is 3.68. The maximum atomic E-state index is 10.2. The molecule has 19 heavy (non-hydrogen) atoms. The minimum absolute atomic E-state index is 0.504. The Morgan fingerprint density at radius 3 is 2.68 bits per heavy atom. The number of methoxy groups -OCH3 is 1. The average molecular weight is 281 g/mol. The van der Waals surface area contributed by atoms with Crippen LogP contribution in [0.15, 0.2) is 6.07 Å². The van der Waals surface area contributed by atoms with Crippen molar-refractivity contribution in [1.29, 1.82) is 0 Å². The Balaban J connectivity index is 2.03. The van der Waals surface area contributed by atoms with Crippen molar-refractivity contribution in [2.45, 2.75) is 57.0 Å². The molecule has 0 radical (unpaired) electrons. The summed E-state index contributed by atoms with van der Waals surface area (Å²) in [7, 11) is 1.67. The minimum atomic E-state index is -0.504. The number of aryl methyl sites for hydroxylation is 1. The van der Waals surface area contributed by atoms with Gasteiger partial charge < -0.3 is 9.84 Å². The Kier molecular flexibility index (Phi) is 3.48. The Bertz CT molecular complexity index is 492.